The molecule has 0 radical (unpaired) electrons. The Kier molecular flexibility index (Phi) is 4.41. The maximum atomic E-state index is 13.7. The Hall–Kier alpha value is -2.24. The lowest BCUT2D eigenvalue weighted by Crippen LogP contribution is -2.40. The molecule has 3 rings (SSSR count). The van der Waals surface area contributed by atoms with Crippen LogP contribution in [-0.2, 0) is 18.3 Å². The summed E-state index contributed by atoms with van der Waals surface area (Å²) >= 11 is 0. The number of benzene rings is 1. The molecule has 1 aliphatic heterocycles. The van der Waals surface area contributed by atoms with Gasteiger partial charge in [0.25, 0.3) is 0 Å². The Balaban J connectivity index is 1.67. The van der Waals surface area contributed by atoms with Crippen molar-refractivity contribution in [3.63, 3.8) is 0 Å². The van der Waals surface area contributed by atoms with Crippen LogP contribution in [0.5, 0.6) is 0 Å². The molecule has 1 saturated heterocycles. The maximum Gasteiger partial charge on any atom is 0.227 e. The molecular weight excluding hydrogens is 300 g/mol. The van der Waals surface area contributed by atoms with E-state index in [1.54, 1.807) is 9.58 Å². The molecule has 0 N–H and O–H groups in total. The van der Waals surface area contributed by atoms with E-state index in [2.05, 4.69) is 5.10 Å². The summed E-state index contributed by atoms with van der Waals surface area (Å²) in [7, 11) is 1.87. The van der Waals surface area contributed by atoms with Crippen LogP contribution in [0.2, 0.25) is 0 Å². The molecule has 23 heavy (non-hydrogen) atoms. The minimum Gasteiger partial charge on any atom is -0.342 e. The van der Waals surface area contributed by atoms with Gasteiger partial charge >= 0.3 is 0 Å². The molecule has 2 aromatic rings. The van der Waals surface area contributed by atoms with E-state index in [4.69, 9.17) is 0 Å². The van der Waals surface area contributed by atoms with E-state index in [9.17, 15) is 13.6 Å². The first-order valence-corrected chi connectivity index (χ1v) is 7.73. The van der Waals surface area contributed by atoms with Crippen molar-refractivity contribution in [3.05, 3.63) is 53.4 Å². The van der Waals surface area contributed by atoms with Gasteiger partial charge in [0.2, 0.25) is 5.91 Å². The molecular formula is C17H19F2N3O. The molecule has 1 aromatic heterocycles. The van der Waals surface area contributed by atoms with E-state index in [-0.39, 0.29) is 23.8 Å². The van der Waals surface area contributed by atoms with Crippen LogP contribution in [0.4, 0.5) is 8.78 Å². The van der Waals surface area contributed by atoms with Crippen molar-refractivity contribution >= 4 is 5.91 Å². The fraction of sp³-hybridized carbons (Fsp3) is 0.412. The lowest BCUT2D eigenvalue weighted by molar-refractivity contribution is -0.131. The highest BCUT2D eigenvalue weighted by Crippen LogP contribution is 2.27. The van der Waals surface area contributed by atoms with E-state index in [1.807, 2.05) is 19.4 Å². The zero-order valence-corrected chi connectivity index (χ0v) is 13.0. The van der Waals surface area contributed by atoms with Gasteiger partial charge in [0.05, 0.1) is 12.6 Å². The van der Waals surface area contributed by atoms with Crippen molar-refractivity contribution < 1.29 is 13.6 Å². The monoisotopic (exact) mass is 319 g/mol. The highest BCUT2D eigenvalue weighted by molar-refractivity contribution is 5.79. The SMILES string of the molecule is Cn1cc(C2CCCN(C(=O)Cc3ccc(F)cc3F)C2)cn1. The predicted octanol–water partition coefficient (Wildman–Crippen LogP) is 2.65. The van der Waals surface area contributed by atoms with Gasteiger partial charge in [0, 0.05) is 38.3 Å². The number of likely N-dealkylation sites (tertiary alicyclic amines) is 1. The van der Waals surface area contributed by atoms with Crippen molar-refractivity contribution in [1.29, 1.82) is 0 Å². The molecule has 2 heterocycles. The molecule has 0 bridgehead atoms. The molecule has 0 saturated carbocycles. The third kappa shape index (κ3) is 3.57. The lowest BCUT2D eigenvalue weighted by atomic mass is 9.92. The number of carbonyl (C=O) groups is 1. The highest BCUT2D eigenvalue weighted by Gasteiger charge is 2.26. The van der Waals surface area contributed by atoms with Gasteiger partial charge in [0.15, 0.2) is 0 Å². The zero-order chi connectivity index (χ0) is 16.4. The quantitative estimate of drug-likeness (QED) is 0.872. The normalized spacial score (nSPS) is 18.2. The van der Waals surface area contributed by atoms with E-state index in [0.29, 0.717) is 13.1 Å². The second kappa shape index (κ2) is 6.48. The summed E-state index contributed by atoms with van der Waals surface area (Å²) in [6.45, 7) is 1.30. The molecule has 1 fully saturated rings. The van der Waals surface area contributed by atoms with Crippen molar-refractivity contribution in [1.82, 2.24) is 14.7 Å². The number of hydrogen-bond acceptors (Lipinski definition) is 2. The molecule has 4 nitrogen and oxygen atoms in total. The van der Waals surface area contributed by atoms with E-state index in [1.165, 1.54) is 12.1 Å². The number of piperidine rings is 1. The second-order valence-electron chi connectivity index (χ2n) is 6.04. The average molecular weight is 319 g/mol. The van der Waals surface area contributed by atoms with Crippen molar-refractivity contribution in [2.75, 3.05) is 13.1 Å². The molecule has 6 heteroatoms. The summed E-state index contributed by atoms with van der Waals surface area (Å²) in [5.74, 6) is -1.16. The summed E-state index contributed by atoms with van der Waals surface area (Å²) in [6, 6.07) is 3.34. The molecule has 122 valence electrons. The van der Waals surface area contributed by atoms with Crippen LogP contribution in [-0.4, -0.2) is 33.7 Å². The Morgan fingerprint density at radius 1 is 1.39 bits per heavy atom. The first kappa shape index (κ1) is 15.6. The molecule has 1 unspecified atom stereocenters. The van der Waals surface area contributed by atoms with Gasteiger partial charge in [0.1, 0.15) is 11.6 Å². The zero-order valence-electron chi connectivity index (χ0n) is 13.0. The predicted molar refractivity (Wildman–Crippen MR) is 81.8 cm³/mol. The average Bonchev–Trinajstić information content (AvgIpc) is 2.97. The molecule has 1 aliphatic rings. The minimum absolute atomic E-state index is 0.0358. The fourth-order valence-electron chi connectivity index (χ4n) is 3.07. The van der Waals surface area contributed by atoms with Crippen LogP contribution < -0.4 is 0 Å². The highest BCUT2D eigenvalue weighted by atomic mass is 19.1. The number of halogens is 2. The minimum atomic E-state index is -0.667. The van der Waals surface area contributed by atoms with Crippen molar-refractivity contribution in [3.8, 4) is 0 Å². The summed E-state index contributed by atoms with van der Waals surface area (Å²) in [4.78, 5) is 14.2. The first-order chi connectivity index (χ1) is 11.0. The molecule has 1 aromatic carbocycles. The Morgan fingerprint density at radius 2 is 2.22 bits per heavy atom. The van der Waals surface area contributed by atoms with Gasteiger partial charge in [-0.15, -0.1) is 0 Å². The first-order valence-electron chi connectivity index (χ1n) is 7.73. The number of nitrogens with zero attached hydrogens (tertiary/aromatic N) is 3. The van der Waals surface area contributed by atoms with Gasteiger partial charge in [-0.25, -0.2) is 8.78 Å². The third-order valence-electron chi connectivity index (χ3n) is 4.33. The number of aromatic nitrogens is 2. The Labute approximate surface area is 133 Å². The van der Waals surface area contributed by atoms with Crippen molar-refractivity contribution in [2.24, 2.45) is 7.05 Å². The second-order valence-corrected chi connectivity index (χ2v) is 6.04. The van der Waals surface area contributed by atoms with Gasteiger partial charge < -0.3 is 4.90 Å². The summed E-state index contributed by atoms with van der Waals surface area (Å²) in [6.07, 6.45) is 5.69. The fourth-order valence-corrected chi connectivity index (χ4v) is 3.07. The number of amides is 1. The smallest absolute Gasteiger partial charge is 0.227 e. The van der Waals surface area contributed by atoms with E-state index >= 15 is 0 Å². The molecule has 1 atom stereocenters. The van der Waals surface area contributed by atoms with Crippen LogP contribution in [0, 0.1) is 11.6 Å². The number of hydrogen-bond donors (Lipinski definition) is 0. The topological polar surface area (TPSA) is 38.1 Å². The summed E-state index contributed by atoms with van der Waals surface area (Å²) < 4.78 is 28.4. The van der Waals surface area contributed by atoms with Crippen LogP contribution >= 0.6 is 0 Å². The maximum absolute atomic E-state index is 13.7. The Morgan fingerprint density at radius 3 is 2.91 bits per heavy atom. The van der Waals surface area contributed by atoms with Crippen LogP contribution in [0.15, 0.2) is 30.6 Å². The van der Waals surface area contributed by atoms with Gasteiger partial charge in [-0.3, -0.25) is 9.48 Å². The number of rotatable bonds is 3. The number of carbonyl (C=O) groups excluding carboxylic acids is 1. The van der Waals surface area contributed by atoms with Gasteiger partial charge in [-0.2, -0.15) is 5.10 Å². The van der Waals surface area contributed by atoms with Crippen molar-refractivity contribution in [2.45, 2.75) is 25.2 Å². The van der Waals surface area contributed by atoms with Gasteiger partial charge in [-0.05, 0) is 30.0 Å². The molecule has 0 aliphatic carbocycles. The summed E-state index contributed by atoms with van der Waals surface area (Å²) in [5, 5.41) is 4.18. The van der Waals surface area contributed by atoms with Crippen LogP contribution in [0.25, 0.3) is 0 Å². The summed E-state index contributed by atoms with van der Waals surface area (Å²) in [5.41, 5.74) is 1.36. The largest absolute Gasteiger partial charge is 0.342 e. The lowest BCUT2D eigenvalue weighted by Gasteiger charge is -2.32. The van der Waals surface area contributed by atoms with E-state index in [0.717, 1.165) is 24.5 Å². The van der Waals surface area contributed by atoms with E-state index < -0.39 is 11.6 Å². The molecule has 0 spiro atoms. The van der Waals surface area contributed by atoms with Crippen LogP contribution in [0.3, 0.4) is 0 Å². The van der Waals surface area contributed by atoms with Crippen LogP contribution in [0.1, 0.15) is 29.9 Å². The number of aryl methyl sites for hydroxylation is 1. The molecule has 1 amide bonds. The van der Waals surface area contributed by atoms with Gasteiger partial charge in [-0.1, -0.05) is 6.07 Å². The standard InChI is InChI=1S/C17H19F2N3O/c1-21-10-14(9-20-21)13-3-2-6-22(11-13)17(23)7-12-4-5-15(18)8-16(12)19/h4-5,8-10,13H,2-3,6-7,11H2,1H3. The third-order valence-corrected chi connectivity index (χ3v) is 4.33. The Bertz CT molecular complexity index is 714.